The van der Waals surface area contributed by atoms with Crippen molar-refractivity contribution in [2.75, 3.05) is 18.0 Å². The first kappa shape index (κ1) is 16.3. The smallest absolute Gasteiger partial charge is 0.123 e. The summed E-state index contributed by atoms with van der Waals surface area (Å²) >= 11 is 0. The Morgan fingerprint density at radius 2 is 1.90 bits per heavy atom. The van der Waals surface area contributed by atoms with Gasteiger partial charge in [0.2, 0.25) is 0 Å². The first-order chi connectivity index (χ1) is 9.97. The van der Waals surface area contributed by atoms with E-state index >= 15 is 0 Å². The SMILES string of the molecule is CC(C)CNCc1cc(F)ccc1N(CC(C)C)C1CC1. The van der Waals surface area contributed by atoms with E-state index in [1.807, 2.05) is 6.07 Å². The summed E-state index contributed by atoms with van der Waals surface area (Å²) in [5, 5.41) is 3.44. The van der Waals surface area contributed by atoms with E-state index in [-0.39, 0.29) is 5.82 Å². The van der Waals surface area contributed by atoms with Crippen molar-refractivity contribution in [3.63, 3.8) is 0 Å². The lowest BCUT2D eigenvalue weighted by atomic mass is 10.1. The van der Waals surface area contributed by atoms with Crippen LogP contribution in [0.15, 0.2) is 18.2 Å². The molecule has 0 bridgehead atoms. The molecule has 0 aromatic heterocycles. The number of hydrogen-bond donors (Lipinski definition) is 1. The van der Waals surface area contributed by atoms with E-state index in [1.165, 1.54) is 18.5 Å². The molecule has 1 saturated carbocycles. The number of halogens is 1. The molecule has 1 aliphatic carbocycles. The van der Waals surface area contributed by atoms with Crippen molar-refractivity contribution >= 4 is 5.69 Å². The molecule has 1 aromatic carbocycles. The summed E-state index contributed by atoms with van der Waals surface area (Å²) in [7, 11) is 0. The Morgan fingerprint density at radius 3 is 2.48 bits per heavy atom. The van der Waals surface area contributed by atoms with E-state index in [0.29, 0.717) is 17.9 Å². The van der Waals surface area contributed by atoms with Crippen LogP contribution in [-0.2, 0) is 6.54 Å². The minimum Gasteiger partial charge on any atom is -0.368 e. The van der Waals surface area contributed by atoms with Crippen LogP contribution in [0.5, 0.6) is 0 Å². The van der Waals surface area contributed by atoms with E-state index < -0.39 is 0 Å². The van der Waals surface area contributed by atoms with Gasteiger partial charge >= 0.3 is 0 Å². The van der Waals surface area contributed by atoms with Gasteiger partial charge in [0.15, 0.2) is 0 Å². The zero-order valence-electron chi connectivity index (χ0n) is 13.8. The third-order valence-electron chi connectivity index (χ3n) is 3.77. The maximum atomic E-state index is 13.6. The van der Waals surface area contributed by atoms with Gasteiger partial charge in [-0.25, -0.2) is 4.39 Å². The third kappa shape index (κ3) is 4.99. The molecule has 0 atom stereocenters. The minimum atomic E-state index is -0.139. The quantitative estimate of drug-likeness (QED) is 0.772. The van der Waals surface area contributed by atoms with Gasteiger partial charge in [-0.1, -0.05) is 27.7 Å². The lowest BCUT2D eigenvalue weighted by Gasteiger charge is -2.29. The molecule has 0 heterocycles. The van der Waals surface area contributed by atoms with Gasteiger partial charge in [-0.05, 0) is 55.0 Å². The van der Waals surface area contributed by atoms with Gasteiger partial charge in [-0.3, -0.25) is 0 Å². The molecule has 118 valence electrons. The number of anilines is 1. The highest BCUT2D eigenvalue weighted by molar-refractivity contribution is 5.55. The molecule has 1 aliphatic rings. The largest absolute Gasteiger partial charge is 0.368 e. The van der Waals surface area contributed by atoms with Crippen LogP contribution in [-0.4, -0.2) is 19.1 Å². The number of nitrogens with one attached hydrogen (secondary N) is 1. The molecule has 1 aromatic rings. The second kappa shape index (κ2) is 7.26. The Labute approximate surface area is 128 Å². The molecule has 0 saturated heterocycles. The summed E-state index contributed by atoms with van der Waals surface area (Å²) < 4.78 is 13.6. The van der Waals surface area contributed by atoms with Crippen molar-refractivity contribution in [2.45, 2.75) is 53.1 Å². The molecule has 21 heavy (non-hydrogen) atoms. The maximum absolute atomic E-state index is 13.6. The summed E-state index contributed by atoms with van der Waals surface area (Å²) in [5.74, 6) is 1.09. The molecule has 1 N–H and O–H groups in total. The van der Waals surface area contributed by atoms with Gasteiger partial charge in [0.25, 0.3) is 0 Å². The fourth-order valence-corrected chi connectivity index (χ4v) is 2.70. The van der Waals surface area contributed by atoms with Crippen LogP contribution in [0.3, 0.4) is 0 Å². The lowest BCUT2D eigenvalue weighted by molar-refractivity contribution is 0.547. The van der Waals surface area contributed by atoms with Crippen molar-refractivity contribution in [3.8, 4) is 0 Å². The summed E-state index contributed by atoms with van der Waals surface area (Å²) in [6.07, 6.45) is 2.53. The van der Waals surface area contributed by atoms with Crippen molar-refractivity contribution in [1.82, 2.24) is 5.32 Å². The fourth-order valence-electron chi connectivity index (χ4n) is 2.70. The number of nitrogens with zero attached hydrogens (tertiary/aromatic N) is 1. The second-order valence-corrected chi connectivity index (χ2v) is 7.08. The van der Waals surface area contributed by atoms with Gasteiger partial charge in [0.05, 0.1) is 0 Å². The van der Waals surface area contributed by atoms with Gasteiger partial charge < -0.3 is 10.2 Å². The topological polar surface area (TPSA) is 15.3 Å². The summed E-state index contributed by atoms with van der Waals surface area (Å²) in [6.45, 7) is 11.6. The molecular formula is C18H29FN2. The highest BCUT2D eigenvalue weighted by Crippen LogP contribution is 2.34. The minimum absolute atomic E-state index is 0.139. The zero-order chi connectivity index (χ0) is 15.4. The Balaban J connectivity index is 2.15. The Bertz CT molecular complexity index is 453. The van der Waals surface area contributed by atoms with Crippen LogP contribution < -0.4 is 10.2 Å². The molecule has 0 spiro atoms. The van der Waals surface area contributed by atoms with Crippen molar-refractivity contribution in [2.24, 2.45) is 11.8 Å². The van der Waals surface area contributed by atoms with Crippen LogP contribution in [0.25, 0.3) is 0 Å². The Morgan fingerprint density at radius 1 is 1.19 bits per heavy atom. The van der Waals surface area contributed by atoms with Crippen LogP contribution in [0, 0.1) is 17.7 Å². The Kier molecular flexibility index (Phi) is 5.63. The summed E-state index contributed by atoms with van der Waals surface area (Å²) in [5.41, 5.74) is 2.30. The zero-order valence-corrected chi connectivity index (χ0v) is 13.8. The predicted octanol–water partition coefficient (Wildman–Crippen LogP) is 4.20. The van der Waals surface area contributed by atoms with E-state index in [4.69, 9.17) is 0 Å². The van der Waals surface area contributed by atoms with Crippen molar-refractivity contribution < 1.29 is 4.39 Å². The average Bonchev–Trinajstić information content (AvgIpc) is 3.20. The van der Waals surface area contributed by atoms with Gasteiger partial charge in [-0.15, -0.1) is 0 Å². The normalized spacial score (nSPS) is 15.0. The van der Waals surface area contributed by atoms with Crippen LogP contribution >= 0.6 is 0 Å². The summed E-state index contributed by atoms with van der Waals surface area (Å²) in [6, 6.07) is 5.90. The van der Waals surface area contributed by atoms with Gasteiger partial charge in [0.1, 0.15) is 5.82 Å². The molecule has 2 rings (SSSR count). The highest BCUT2D eigenvalue weighted by Gasteiger charge is 2.30. The fraction of sp³-hybridized carbons (Fsp3) is 0.667. The highest BCUT2D eigenvalue weighted by atomic mass is 19.1. The standard InChI is InChI=1S/C18H29FN2/c1-13(2)10-20-11-15-9-16(19)5-8-18(15)21(12-14(3)4)17-6-7-17/h5,8-9,13-14,17,20H,6-7,10-12H2,1-4H3. The molecule has 0 aliphatic heterocycles. The van der Waals surface area contributed by atoms with Crippen LogP contribution in [0.1, 0.15) is 46.1 Å². The lowest BCUT2D eigenvalue weighted by Crippen LogP contribution is -2.31. The number of rotatable bonds is 8. The van der Waals surface area contributed by atoms with Gasteiger partial charge in [-0.2, -0.15) is 0 Å². The third-order valence-corrected chi connectivity index (χ3v) is 3.77. The van der Waals surface area contributed by atoms with Crippen LogP contribution in [0.2, 0.25) is 0 Å². The molecule has 3 heteroatoms. The van der Waals surface area contributed by atoms with Gasteiger partial charge in [0, 0.05) is 24.8 Å². The number of hydrogen-bond acceptors (Lipinski definition) is 2. The van der Waals surface area contributed by atoms with E-state index in [9.17, 15) is 4.39 Å². The van der Waals surface area contributed by atoms with E-state index in [1.54, 1.807) is 12.1 Å². The van der Waals surface area contributed by atoms with E-state index in [0.717, 1.165) is 25.2 Å². The monoisotopic (exact) mass is 292 g/mol. The second-order valence-electron chi connectivity index (χ2n) is 7.08. The first-order valence-corrected chi connectivity index (χ1v) is 8.23. The van der Waals surface area contributed by atoms with Crippen LogP contribution in [0.4, 0.5) is 10.1 Å². The van der Waals surface area contributed by atoms with E-state index in [2.05, 4.69) is 37.9 Å². The molecule has 0 unspecified atom stereocenters. The molecule has 0 radical (unpaired) electrons. The molecule has 0 amide bonds. The maximum Gasteiger partial charge on any atom is 0.123 e. The molecule has 2 nitrogen and oxygen atoms in total. The average molecular weight is 292 g/mol. The predicted molar refractivity (Wildman–Crippen MR) is 88.2 cm³/mol. The Hall–Kier alpha value is -1.09. The molecule has 1 fully saturated rings. The number of benzene rings is 1. The molecular weight excluding hydrogens is 263 g/mol. The summed E-state index contributed by atoms with van der Waals surface area (Å²) in [4.78, 5) is 2.48. The van der Waals surface area contributed by atoms with Crippen molar-refractivity contribution in [1.29, 1.82) is 0 Å². The first-order valence-electron chi connectivity index (χ1n) is 8.23. The van der Waals surface area contributed by atoms with Crippen molar-refractivity contribution in [3.05, 3.63) is 29.6 Å².